The maximum Gasteiger partial charge on any atom is -0.000248 e. The minimum absolute atomic E-state index is 0.715. The molecule has 1 fully saturated rings. The first-order valence-corrected chi connectivity index (χ1v) is 4.63. The van der Waals surface area contributed by atoms with Gasteiger partial charge in [-0.1, -0.05) is 37.3 Å². The predicted octanol–water partition coefficient (Wildman–Crippen LogP) is 2.01. The van der Waals surface area contributed by atoms with Crippen molar-refractivity contribution < 1.29 is 0 Å². The molecule has 64 valence electrons. The summed E-state index contributed by atoms with van der Waals surface area (Å²) in [5.41, 5.74) is 1.48. The zero-order valence-corrected chi connectivity index (χ0v) is 7.46. The van der Waals surface area contributed by atoms with Crippen molar-refractivity contribution in [2.45, 2.75) is 12.8 Å². The topological polar surface area (TPSA) is 12.0 Å². The molecule has 2 rings (SSSR count). The molecule has 1 unspecified atom stereocenters. The van der Waals surface area contributed by atoms with E-state index in [1.807, 2.05) is 0 Å². The third kappa shape index (κ3) is 1.37. The van der Waals surface area contributed by atoms with Crippen molar-refractivity contribution in [1.82, 2.24) is 5.32 Å². The Morgan fingerprint density at radius 1 is 1.25 bits per heavy atom. The minimum atomic E-state index is 0.715. The van der Waals surface area contributed by atoms with Gasteiger partial charge in [0.15, 0.2) is 0 Å². The summed E-state index contributed by atoms with van der Waals surface area (Å²) in [4.78, 5) is 0. The van der Waals surface area contributed by atoms with Crippen LogP contribution in [-0.4, -0.2) is 13.1 Å². The van der Waals surface area contributed by atoms with Gasteiger partial charge in [0.1, 0.15) is 0 Å². The summed E-state index contributed by atoms with van der Waals surface area (Å²) in [5.74, 6) is 1.57. The van der Waals surface area contributed by atoms with Gasteiger partial charge in [-0.25, -0.2) is 0 Å². The molecule has 0 radical (unpaired) electrons. The largest absolute Gasteiger partial charge is 0.316 e. The van der Waals surface area contributed by atoms with Crippen molar-refractivity contribution >= 4 is 0 Å². The molecule has 1 atom stereocenters. The molecule has 0 amide bonds. The predicted molar refractivity (Wildman–Crippen MR) is 51.2 cm³/mol. The molecule has 1 aromatic carbocycles. The van der Waals surface area contributed by atoms with E-state index in [-0.39, 0.29) is 0 Å². The Morgan fingerprint density at radius 3 is 2.42 bits per heavy atom. The van der Waals surface area contributed by atoms with E-state index in [9.17, 15) is 0 Å². The lowest BCUT2D eigenvalue weighted by Crippen LogP contribution is -2.44. The summed E-state index contributed by atoms with van der Waals surface area (Å²) in [7, 11) is 0. The molecule has 1 heterocycles. The van der Waals surface area contributed by atoms with Gasteiger partial charge in [0.25, 0.3) is 0 Å². The molecule has 12 heavy (non-hydrogen) atoms. The highest BCUT2D eigenvalue weighted by atomic mass is 14.9. The Labute approximate surface area is 73.8 Å². The fraction of sp³-hybridized carbons (Fsp3) is 0.455. The van der Waals surface area contributed by atoms with Crippen molar-refractivity contribution in [2.75, 3.05) is 13.1 Å². The average molecular weight is 161 g/mol. The van der Waals surface area contributed by atoms with Crippen molar-refractivity contribution in [2.24, 2.45) is 5.92 Å². The Kier molecular flexibility index (Phi) is 2.13. The van der Waals surface area contributed by atoms with Crippen LogP contribution in [0.2, 0.25) is 0 Å². The van der Waals surface area contributed by atoms with Gasteiger partial charge in [0.05, 0.1) is 0 Å². The highest BCUT2D eigenvalue weighted by molar-refractivity contribution is 5.20. The SMILES string of the molecule is CC(c1ccccc1)C1CNC1. The van der Waals surface area contributed by atoms with E-state index in [0.29, 0.717) is 5.92 Å². The van der Waals surface area contributed by atoms with E-state index in [0.717, 1.165) is 5.92 Å². The van der Waals surface area contributed by atoms with Crippen LogP contribution in [0.4, 0.5) is 0 Å². The van der Waals surface area contributed by atoms with Crippen LogP contribution in [0.1, 0.15) is 18.4 Å². The molecular formula is C11H15N. The molecule has 0 bridgehead atoms. The Bertz CT molecular complexity index is 238. The lowest BCUT2D eigenvalue weighted by molar-refractivity contribution is 0.303. The van der Waals surface area contributed by atoms with Gasteiger partial charge in [0.2, 0.25) is 0 Å². The van der Waals surface area contributed by atoms with Gasteiger partial charge in [-0.2, -0.15) is 0 Å². The van der Waals surface area contributed by atoms with Crippen molar-refractivity contribution in [3.63, 3.8) is 0 Å². The molecule has 0 spiro atoms. The third-order valence-corrected chi connectivity index (χ3v) is 2.85. The maximum atomic E-state index is 3.31. The van der Waals surface area contributed by atoms with Gasteiger partial charge in [-0.05, 0) is 30.5 Å². The smallest absolute Gasteiger partial charge is 0.000248 e. The first-order valence-electron chi connectivity index (χ1n) is 4.63. The van der Waals surface area contributed by atoms with Crippen LogP contribution in [0.15, 0.2) is 30.3 Å². The van der Waals surface area contributed by atoms with Gasteiger partial charge >= 0.3 is 0 Å². The Balaban J connectivity index is 2.08. The van der Waals surface area contributed by atoms with Crippen LogP contribution >= 0.6 is 0 Å². The maximum absolute atomic E-state index is 3.31. The number of hydrogen-bond donors (Lipinski definition) is 1. The first-order chi connectivity index (χ1) is 5.88. The normalized spacial score (nSPS) is 20.1. The molecule has 1 aromatic rings. The van der Waals surface area contributed by atoms with E-state index in [4.69, 9.17) is 0 Å². The molecule has 1 aliphatic heterocycles. The molecule has 1 N–H and O–H groups in total. The lowest BCUT2D eigenvalue weighted by atomic mass is 9.84. The average Bonchev–Trinajstić information content (AvgIpc) is 2.03. The van der Waals surface area contributed by atoms with Crippen molar-refractivity contribution in [3.8, 4) is 0 Å². The molecule has 1 nitrogen and oxygen atoms in total. The van der Waals surface area contributed by atoms with Gasteiger partial charge in [-0.3, -0.25) is 0 Å². The standard InChI is InChI=1S/C11H15N/c1-9(11-7-12-8-11)10-5-3-2-4-6-10/h2-6,9,11-12H,7-8H2,1H3. The Hall–Kier alpha value is -0.820. The molecular weight excluding hydrogens is 146 g/mol. The summed E-state index contributed by atoms with van der Waals surface area (Å²) in [6.45, 7) is 4.70. The molecule has 0 aliphatic carbocycles. The number of benzene rings is 1. The van der Waals surface area contributed by atoms with Gasteiger partial charge in [0, 0.05) is 0 Å². The third-order valence-electron chi connectivity index (χ3n) is 2.85. The summed E-state index contributed by atoms with van der Waals surface area (Å²) < 4.78 is 0. The second-order valence-electron chi connectivity index (χ2n) is 3.62. The fourth-order valence-corrected chi connectivity index (χ4v) is 1.69. The first kappa shape index (κ1) is 7.81. The Morgan fingerprint density at radius 2 is 1.92 bits per heavy atom. The van der Waals surface area contributed by atoms with Crippen LogP contribution in [0.5, 0.6) is 0 Å². The van der Waals surface area contributed by atoms with E-state index in [1.54, 1.807) is 0 Å². The molecule has 1 aliphatic rings. The van der Waals surface area contributed by atoms with Crippen molar-refractivity contribution in [3.05, 3.63) is 35.9 Å². The van der Waals surface area contributed by atoms with E-state index in [1.165, 1.54) is 18.7 Å². The minimum Gasteiger partial charge on any atom is -0.316 e. The van der Waals surface area contributed by atoms with Crippen LogP contribution in [0.25, 0.3) is 0 Å². The second-order valence-corrected chi connectivity index (χ2v) is 3.62. The number of nitrogens with one attached hydrogen (secondary N) is 1. The van der Waals surface area contributed by atoms with E-state index >= 15 is 0 Å². The summed E-state index contributed by atoms with van der Waals surface area (Å²) in [6, 6.07) is 10.8. The fourth-order valence-electron chi connectivity index (χ4n) is 1.69. The summed E-state index contributed by atoms with van der Waals surface area (Å²) >= 11 is 0. The molecule has 1 heteroatoms. The van der Waals surface area contributed by atoms with Crippen LogP contribution in [0, 0.1) is 5.92 Å². The highest BCUT2D eigenvalue weighted by Crippen LogP contribution is 2.26. The molecule has 0 aromatic heterocycles. The lowest BCUT2D eigenvalue weighted by Gasteiger charge is -2.32. The zero-order valence-electron chi connectivity index (χ0n) is 7.46. The van der Waals surface area contributed by atoms with Crippen LogP contribution in [0.3, 0.4) is 0 Å². The van der Waals surface area contributed by atoms with E-state index < -0.39 is 0 Å². The summed E-state index contributed by atoms with van der Waals surface area (Å²) in [5, 5.41) is 3.31. The van der Waals surface area contributed by atoms with Gasteiger partial charge < -0.3 is 5.32 Å². The van der Waals surface area contributed by atoms with Crippen molar-refractivity contribution in [1.29, 1.82) is 0 Å². The van der Waals surface area contributed by atoms with E-state index in [2.05, 4.69) is 42.6 Å². The summed E-state index contributed by atoms with van der Waals surface area (Å²) in [6.07, 6.45) is 0. The quantitative estimate of drug-likeness (QED) is 0.699. The molecule has 1 saturated heterocycles. The van der Waals surface area contributed by atoms with Crippen LogP contribution in [-0.2, 0) is 0 Å². The molecule has 0 saturated carbocycles. The second kappa shape index (κ2) is 3.28. The monoisotopic (exact) mass is 161 g/mol. The number of hydrogen-bond acceptors (Lipinski definition) is 1. The van der Waals surface area contributed by atoms with Gasteiger partial charge in [-0.15, -0.1) is 0 Å². The highest BCUT2D eigenvalue weighted by Gasteiger charge is 2.23. The zero-order chi connectivity index (χ0) is 8.39. The van der Waals surface area contributed by atoms with Crippen LogP contribution < -0.4 is 5.32 Å². The number of rotatable bonds is 2.